The van der Waals surface area contributed by atoms with E-state index in [0.29, 0.717) is 25.0 Å². The van der Waals surface area contributed by atoms with Gasteiger partial charge in [0.2, 0.25) is 0 Å². The molecule has 4 nitrogen and oxygen atoms in total. The van der Waals surface area contributed by atoms with E-state index in [0.717, 1.165) is 25.7 Å². The smallest absolute Gasteiger partial charge is 0.327 e. The first-order valence-electron chi connectivity index (χ1n) is 8.04. The first kappa shape index (κ1) is 16.1. The maximum absolute atomic E-state index is 12.3. The van der Waals surface area contributed by atoms with Crippen molar-refractivity contribution >= 4 is 11.9 Å². The topological polar surface area (TPSA) is 52.6 Å². The number of hydrogen-bond donors (Lipinski definition) is 0. The molecule has 0 N–H and O–H groups in total. The van der Waals surface area contributed by atoms with Gasteiger partial charge >= 0.3 is 11.9 Å². The minimum atomic E-state index is -1.32. The van der Waals surface area contributed by atoms with Crippen LogP contribution in [0, 0.1) is 17.3 Å². The van der Waals surface area contributed by atoms with Gasteiger partial charge in [-0.25, -0.2) is 0 Å². The zero-order valence-electron chi connectivity index (χ0n) is 13.1. The molecule has 0 aromatic heterocycles. The molecule has 2 fully saturated rings. The van der Waals surface area contributed by atoms with Crippen molar-refractivity contribution in [2.75, 3.05) is 13.2 Å². The fraction of sp³-hybridized carbons (Fsp3) is 0.765. The fourth-order valence-corrected chi connectivity index (χ4v) is 2.56. The van der Waals surface area contributed by atoms with E-state index in [1.807, 2.05) is 0 Å². The van der Waals surface area contributed by atoms with Gasteiger partial charge in [-0.2, -0.15) is 0 Å². The Morgan fingerprint density at radius 3 is 1.71 bits per heavy atom. The summed E-state index contributed by atoms with van der Waals surface area (Å²) < 4.78 is 10.7. The highest BCUT2D eigenvalue weighted by molar-refractivity contribution is 6.01. The van der Waals surface area contributed by atoms with Crippen LogP contribution in [0.3, 0.4) is 0 Å². The van der Waals surface area contributed by atoms with E-state index < -0.39 is 17.4 Å². The highest BCUT2D eigenvalue weighted by atomic mass is 16.6. The van der Waals surface area contributed by atoms with Crippen molar-refractivity contribution < 1.29 is 19.1 Å². The quantitative estimate of drug-likeness (QED) is 0.411. The summed E-state index contributed by atoms with van der Waals surface area (Å²) in [5.74, 6) is -0.0539. The molecule has 0 saturated heterocycles. The van der Waals surface area contributed by atoms with Crippen LogP contribution in [0.2, 0.25) is 0 Å². The second-order valence-electron chi connectivity index (χ2n) is 6.49. The molecule has 0 aromatic rings. The third kappa shape index (κ3) is 3.86. The third-order valence-electron chi connectivity index (χ3n) is 4.70. The van der Waals surface area contributed by atoms with Gasteiger partial charge in [0.05, 0.1) is 13.2 Å². The van der Waals surface area contributed by atoms with E-state index in [9.17, 15) is 9.59 Å². The van der Waals surface area contributed by atoms with Crippen LogP contribution in [-0.4, -0.2) is 25.2 Å². The molecule has 0 atom stereocenters. The van der Waals surface area contributed by atoms with Gasteiger partial charge in [0.1, 0.15) is 0 Å². The molecule has 0 aliphatic heterocycles. The van der Waals surface area contributed by atoms with Crippen molar-refractivity contribution in [1.82, 2.24) is 0 Å². The Bertz CT molecular complexity index is 375. The lowest BCUT2D eigenvalue weighted by Crippen LogP contribution is -2.39. The van der Waals surface area contributed by atoms with Crippen LogP contribution in [0.15, 0.2) is 12.2 Å². The summed E-state index contributed by atoms with van der Waals surface area (Å²) in [7, 11) is 0. The lowest BCUT2D eigenvalue weighted by Gasteiger charge is -2.29. The minimum Gasteiger partial charge on any atom is -0.464 e. The third-order valence-corrected chi connectivity index (χ3v) is 4.70. The maximum atomic E-state index is 12.3. The van der Waals surface area contributed by atoms with Crippen LogP contribution in [0.5, 0.6) is 0 Å². The zero-order valence-corrected chi connectivity index (χ0v) is 13.1. The van der Waals surface area contributed by atoms with Crippen molar-refractivity contribution in [3.05, 3.63) is 12.2 Å². The predicted molar refractivity (Wildman–Crippen MR) is 79.5 cm³/mol. The number of rotatable bonds is 7. The molecular formula is C17H26O4. The molecule has 0 bridgehead atoms. The highest BCUT2D eigenvalue weighted by Gasteiger charge is 2.42. The average Bonchev–Trinajstić information content (AvgIpc) is 2.34. The van der Waals surface area contributed by atoms with Gasteiger partial charge in [-0.15, -0.1) is 0 Å². The Morgan fingerprint density at radius 2 is 1.43 bits per heavy atom. The first-order chi connectivity index (χ1) is 10.1. The zero-order chi connectivity index (χ0) is 15.3. The van der Waals surface area contributed by atoms with E-state index in [1.165, 1.54) is 12.8 Å². The molecule has 0 amide bonds. The van der Waals surface area contributed by atoms with Crippen LogP contribution in [0.4, 0.5) is 0 Å². The molecule has 2 aliphatic carbocycles. The van der Waals surface area contributed by atoms with Crippen LogP contribution in [-0.2, 0) is 19.1 Å². The highest BCUT2D eigenvalue weighted by Crippen LogP contribution is 2.30. The van der Waals surface area contributed by atoms with E-state index >= 15 is 0 Å². The summed E-state index contributed by atoms with van der Waals surface area (Å²) in [6, 6.07) is 0. The van der Waals surface area contributed by atoms with Gasteiger partial charge in [0.15, 0.2) is 5.41 Å². The van der Waals surface area contributed by atoms with E-state index in [1.54, 1.807) is 26.0 Å². The molecule has 0 spiro atoms. The summed E-state index contributed by atoms with van der Waals surface area (Å²) in [4.78, 5) is 24.6. The molecule has 2 aliphatic rings. The van der Waals surface area contributed by atoms with Gasteiger partial charge < -0.3 is 9.47 Å². The van der Waals surface area contributed by atoms with Crippen molar-refractivity contribution in [2.45, 2.75) is 52.4 Å². The van der Waals surface area contributed by atoms with E-state index in [4.69, 9.17) is 9.47 Å². The van der Waals surface area contributed by atoms with Crippen molar-refractivity contribution in [3.8, 4) is 0 Å². The van der Waals surface area contributed by atoms with Crippen LogP contribution in [0.25, 0.3) is 0 Å². The maximum Gasteiger partial charge on any atom is 0.327 e. The Hall–Kier alpha value is -1.32. The molecule has 0 heterocycles. The minimum absolute atomic E-state index is 0.419. The molecule has 21 heavy (non-hydrogen) atoms. The van der Waals surface area contributed by atoms with Crippen LogP contribution in [0.1, 0.15) is 52.4 Å². The molecule has 0 aromatic carbocycles. The van der Waals surface area contributed by atoms with Gasteiger partial charge in [0, 0.05) is 0 Å². The number of hydrogen-bond acceptors (Lipinski definition) is 4. The van der Waals surface area contributed by atoms with Crippen molar-refractivity contribution in [2.24, 2.45) is 17.3 Å². The first-order valence-corrected chi connectivity index (χ1v) is 8.04. The lowest BCUT2D eigenvalue weighted by atomic mass is 9.85. The van der Waals surface area contributed by atoms with Crippen LogP contribution >= 0.6 is 0 Å². The molecular weight excluding hydrogens is 268 g/mol. The van der Waals surface area contributed by atoms with Gasteiger partial charge in [-0.3, -0.25) is 9.59 Å². The van der Waals surface area contributed by atoms with Gasteiger partial charge in [-0.1, -0.05) is 25.0 Å². The number of carbonyl (C=O) groups excluding carboxylic acids is 2. The van der Waals surface area contributed by atoms with Gasteiger partial charge in [0.25, 0.3) is 0 Å². The number of esters is 2. The standard InChI is InChI=1S/C17H26O4/c1-3-10-17(2,15(18)20-11-13-6-4-7-13)16(19)21-12-14-8-5-9-14/h3,10,13-14H,4-9,11-12H2,1-2H3. The lowest BCUT2D eigenvalue weighted by molar-refractivity contribution is -0.169. The van der Waals surface area contributed by atoms with Gasteiger partial charge in [-0.05, 0) is 51.4 Å². The normalized spacial score (nSPS) is 19.9. The monoisotopic (exact) mass is 294 g/mol. The average molecular weight is 294 g/mol. The molecule has 118 valence electrons. The van der Waals surface area contributed by atoms with Crippen molar-refractivity contribution in [1.29, 1.82) is 0 Å². The predicted octanol–water partition coefficient (Wildman–Crippen LogP) is 3.26. The number of allylic oxidation sites excluding steroid dienone is 1. The summed E-state index contributed by atoms with van der Waals surface area (Å²) in [6.45, 7) is 4.21. The largest absolute Gasteiger partial charge is 0.464 e. The second-order valence-corrected chi connectivity index (χ2v) is 6.49. The molecule has 4 heteroatoms. The summed E-state index contributed by atoms with van der Waals surface area (Å²) in [5, 5.41) is 0. The molecule has 0 radical (unpaired) electrons. The van der Waals surface area contributed by atoms with E-state index in [-0.39, 0.29) is 0 Å². The second kappa shape index (κ2) is 7.10. The number of carbonyl (C=O) groups is 2. The van der Waals surface area contributed by atoms with Crippen LogP contribution < -0.4 is 0 Å². The molecule has 2 saturated carbocycles. The SMILES string of the molecule is CC=CC(C)(C(=O)OCC1CCC1)C(=O)OCC1CCC1. The Balaban J connectivity index is 1.88. The summed E-state index contributed by atoms with van der Waals surface area (Å²) in [5.41, 5.74) is -1.32. The summed E-state index contributed by atoms with van der Waals surface area (Å²) >= 11 is 0. The summed E-state index contributed by atoms with van der Waals surface area (Å²) in [6.07, 6.45) is 10.1. The Morgan fingerprint density at radius 1 is 1.00 bits per heavy atom. The number of ether oxygens (including phenoxy) is 2. The Kier molecular flexibility index (Phi) is 5.43. The Labute approximate surface area is 126 Å². The molecule has 2 rings (SSSR count). The van der Waals surface area contributed by atoms with Crippen molar-refractivity contribution in [3.63, 3.8) is 0 Å². The van der Waals surface area contributed by atoms with E-state index in [2.05, 4.69) is 0 Å². The fourth-order valence-electron chi connectivity index (χ4n) is 2.56. The molecule has 0 unspecified atom stereocenters.